The number of rotatable bonds is 6. The molecular weight excluding hydrogens is 286 g/mol. The van der Waals surface area contributed by atoms with Crippen LogP contribution in [0.5, 0.6) is 0 Å². The van der Waals surface area contributed by atoms with Crippen LogP contribution in [0.4, 0.5) is 8.78 Å². The molecule has 0 saturated carbocycles. The summed E-state index contributed by atoms with van der Waals surface area (Å²) >= 11 is 1.19. The largest absolute Gasteiger partial charge is 0.394 e. The molecule has 0 aromatic heterocycles. The van der Waals surface area contributed by atoms with E-state index in [2.05, 4.69) is 0 Å². The van der Waals surface area contributed by atoms with Gasteiger partial charge in [-0.05, 0) is 24.3 Å². The summed E-state index contributed by atoms with van der Waals surface area (Å²) in [5.41, 5.74) is 0. The van der Waals surface area contributed by atoms with E-state index in [0.717, 1.165) is 12.1 Å². The molecule has 1 unspecified atom stereocenters. The maximum atomic E-state index is 12.2. The van der Waals surface area contributed by atoms with Crippen LogP contribution in [0.3, 0.4) is 0 Å². The second kappa shape index (κ2) is 6.46. The zero-order valence-corrected chi connectivity index (χ0v) is 10.8. The molecule has 0 spiro atoms. The number of sulfone groups is 1. The van der Waals surface area contributed by atoms with Crippen molar-refractivity contribution in [2.24, 2.45) is 0 Å². The maximum absolute atomic E-state index is 12.2. The first kappa shape index (κ1) is 15.4. The summed E-state index contributed by atoms with van der Waals surface area (Å²) in [7, 11) is -4.56. The van der Waals surface area contributed by atoms with Crippen molar-refractivity contribution in [2.75, 3.05) is 12.4 Å². The van der Waals surface area contributed by atoms with E-state index in [1.807, 2.05) is 0 Å². The highest BCUT2D eigenvalue weighted by molar-refractivity contribution is 7.99. The molecule has 102 valence electrons. The quantitative estimate of drug-likeness (QED) is 0.770. The van der Waals surface area contributed by atoms with Crippen molar-refractivity contribution in [2.45, 2.75) is 21.7 Å². The van der Waals surface area contributed by atoms with Crippen molar-refractivity contribution in [3.63, 3.8) is 0 Å². The Morgan fingerprint density at radius 1 is 1.22 bits per heavy atom. The fourth-order valence-corrected chi connectivity index (χ4v) is 2.61. The van der Waals surface area contributed by atoms with E-state index in [0.29, 0.717) is 4.90 Å². The molecule has 4 nitrogen and oxygen atoms in total. The van der Waals surface area contributed by atoms with E-state index >= 15 is 0 Å². The summed E-state index contributed by atoms with van der Waals surface area (Å²) in [6.07, 6.45) is -0.875. The first-order chi connectivity index (χ1) is 8.37. The third kappa shape index (κ3) is 3.91. The van der Waals surface area contributed by atoms with Gasteiger partial charge in [0, 0.05) is 10.6 Å². The molecule has 1 atom stereocenters. The van der Waals surface area contributed by atoms with E-state index in [1.54, 1.807) is 0 Å². The zero-order chi connectivity index (χ0) is 13.8. The number of aliphatic hydroxyl groups excluding tert-OH is 2. The normalized spacial score (nSPS) is 13.8. The van der Waals surface area contributed by atoms with Gasteiger partial charge in [0.1, 0.15) is 0 Å². The molecule has 0 aliphatic rings. The number of thioether (sulfide) groups is 1. The minimum atomic E-state index is -4.56. The predicted octanol–water partition coefficient (Wildman–Crippen LogP) is 1.13. The lowest BCUT2D eigenvalue weighted by atomic mass is 10.4. The summed E-state index contributed by atoms with van der Waals surface area (Å²) in [6, 6.07) is 4.94. The summed E-state index contributed by atoms with van der Waals surface area (Å²) in [4.78, 5) is 0.181. The molecule has 1 rings (SSSR count). The average molecular weight is 298 g/mol. The zero-order valence-electron chi connectivity index (χ0n) is 9.16. The molecule has 0 heterocycles. The van der Waals surface area contributed by atoms with Gasteiger partial charge in [0.05, 0.1) is 17.6 Å². The van der Waals surface area contributed by atoms with Crippen LogP contribution in [0.15, 0.2) is 34.1 Å². The lowest BCUT2D eigenvalue weighted by Gasteiger charge is -2.07. The van der Waals surface area contributed by atoms with Gasteiger partial charge in [0.2, 0.25) is 9.84 Å². The van der Waals surface area contributed by atoms with E-state index < -0.39 is 26.6 Å². The molecule has 0 aliphatic carbocycles. The number of benzene rings is 1. The Hall–Kier alpha value is -0.700. The Morgan fingerprint density at radius 2 is 1.78 bits per heavy atom. The lowest BCUT2D eigenvalue weighted by molar-refractivity contribution is 0.113. The molecule has 1 aromatic rings. The molecule has 2 N–H and O–H groups in total. The van der Waals surface area contributed by atoms with Crippen LogP contribution in [0.25, 0.3) is 0 Å². The van der Waals surface area contributed by atoms with Crippen molar-refractivity contribution in [3.05, 3.63) is 24.3 Å². The van der Waals surface area contributed by atoms with Crippen molar-refractivity contribution in [3.8, 4) is 0 Å². The predicted molar refractivity (Wildman–Crippen MR) is 63.4 cm³/mol. The van der Waals surface area contributed by atoms with Crippen LogP contribution in [-0.2, 0) is 9.84 Å². The molecule has 8 heteroatoms. The van der Waals surface area contributed by atoms with Crippen LogP contribution in [0.2, 0.25) is 0 Å². The summed E-state index contributed by atoms with van der Waals surface area (Å²) in [5.74, 6) is -3.20. The van der Waals surface area contributed by atoms with Crippen molar-refractivity contribution in [1.82, 2.24) is 0 Å². The first-order valence-corrected chi connectivity index (χ1v) is 7.45. The molecule has 0 fully saturated rings. The Balaban J connectivity index is 2.75. The van der Waals surface area contributed by atoms with E-state index in [1.165, 1.54) is 23.9 Å². The second-order valence-electron chi connectivity index (χ2n) is 3.42. The van der Waals surface area contributed by atoms with Gasteiger partial charge in [0.15, 0.2) is 0 Å². The molecule has 0 bridgehead atoms. The average Bonchev–Trinajstić information content (AvgIpc) is 2.36. The van der Waals surface area contributed by atoms with Gasteiger partial charge in [-0.3, -0.25) is 0 Å². The highest BCUT2D eigenvalue weighted by atomic mass is 32.2. The van der Waals surface area contributed by atoms with E-state index in [9.17, 15) is 17.2 Å². The van der Waals surface area contributed by atoms with E-state index in [4.69, 9.17) is 10.2 Å². The molecule has 0 radical (unpaired) electrons. The fourth-order valence-electron chi connectivity index (χ4n) is 1.07. The topological polar surface area (TPSA) is 74.6 Å². The van der Waals surface area contributed by atoms with Crippen LogP contribution >= 0.6 is 11.8 Å². The van der Waals surface area contributed by atoms with Crippen molar-refractivity contribution >= 4 is 21.6 Å². The van der Waals surface area contributed by atoms with Crippen LogP contribution in [-0.4, -0.2) is 42.9 Å². The minimum absolute atomic E-state index is 0.234. The molecule has 0 aliphatic heterocycles. The second-order valence-corrected chi connectivity index (χ2v) is 6.44. The minimum Gasteiger partial charge on any atom is -0.394 e. The Morgan fingerprint density at radius 3 is 2.22 bits per heavy atom. The summed E-state index contributed by atoms with van der Waals surface area (Å²) in [6.45, 7) is -0.370. The van der Waals surface area contributed by atoms with E-state index in [-0.39, 0.29) is 12.4 Å². The smallest absolute Gasteiger partial charge is 0.341 e. The summed E-state index contributed by atoms with van der Waals surface area (Å²) < 4.78 is 46.7. The van der Waals surface area contributed by atoms with Gasteiger partial charge in [-0.1, -0.05) is 0 Å². The number of hydrogen-bond donors (Lipinski definition) is 2. The first-order valence-electron chi connectivity index (χ1n) is 4.91. The standard InChI is InChI=1S/C10H12F2O4S2/c11-10(12)18(15,16)9-3-1-8(2-4-9)17-6-7(14)5-13/h1-4,7,10,13-14H,5-6H2. The molecule has 18 heavy (non-hydrogen) atoms. The van der Waals surface area contributed by atoms with Crippen LogP contribution in [0, 0.1) is 0 Å². The molecule has 1 aromatic carbocycles. The third-order valence-corrected chi connectivity index (χ3v) is 4.60. The monoisotopic (exact) mass is 298 g/mol. The number of aliphatic hydroxyl groups is 2. The maximum Gasteiger partial charge on any atom is 0.341 e. The number of hydrogen-bond acceptors (Lipinski definition) is 5. The van der Waals surface area contributed by atoms with Crippen LogP contribution in [0.1, 0.15) is 0 Å². The molecule has 0 amide bonds. The van der Waals surface area contributed by atoms with Gasteiger partial charge in [-0.2, -0.15) is 8.78 Å². The van der Waals surface area contributed by atoms with Gasteiger partial charge in [0.25, 0.3) is 0 Å². The van der Waals surface area contributed by atoms with Crippen molar-refractivity contribution in [1.29, 1.82) is 0 Å². The third-order valence-electron chi connectivity index (χ3n) is 2.04. The van der Waals surface area contributed by atoms with Gasteiger partial charge in [-0.15, -0.1) is 11.8 Å². The summed E-state index contributed by atoms with van der Waals surface area (Å²) in [5, 5.41) is 17.7. The Labute approximate surface area is 108 Å². The molecule has 0 saturated heterocycles. The van der Waals surface area contributed by atoms with Gasteiger partial charge < -0.3 is 10.2 Å². The highest BCUT2D eigenvalue weighted by Gasteiger charge is 2.26. The Bertz CT molecular complexity index is 473. The lowest BCUT2D eigenvalue weighted by Crippen LogP contribution is -2.14. The Kier molecular flexibility index (Phi) is 5.51. The SMILES string of the molecule is O=S(=O)(c1ccc(SCC(O)CO)cc1)C(F)F. The van der Waals surface area contributed by atoms with Gasteiger partial charge >= 0.3 is 5.76 Å². The van der Waals surface area contributed by atoms with Crippen LogP contribution < -0.4 is 0 Å². The molecular formula is C10H12F2O4S2. The number of alkyl halides is 2. The van der Waals surface area contributed by atoms with Crippen molar-refractivity contribution < 1.29 is 27.4 Å². The fraction of sp³-hybridized carbons (Fsp3) is 0.400. The highest BCUT2D eigenvalue weighted by Crippen LogP contribution is 2.23. The number of halogens is 2. The van der Waals surface area contributed by atoms with Gasteiger partial charge in [-0.25, -0.2) is 8.42 Å².